The fourth-order valence-corrected chi connectivity index (χ4v) is 1.99. The lowest BCUT2D eigenvalue weighted by atomic mass is 10.1. The van der Waals surface area contributed by atoms with E-state index >= 15 is 0 Å². The molecule has 1 rings (SSSR count). The van der Waals surface area contributed by atoms with Gasteiger partial charge in [-0.2, -0.15) is 5.10 Å². The van der Waals surface area contributed by atoms with Crippen LogP contribution in [0.2, 0.25) is 0 Å². The molecule has 0 aromatic carbocycles. The Bertz CT molecular complexity index is 199. The third-order valence-electron chi connectivity index (χ3n) is 2.55. The third kappa shape index (κ3) is 2.20. The van der Waals surface area contributed by atoms with Gasteiger partial charge in [0, 0.05) is 12.6 Å². The van der Waals surface area contributed by atoms with Crippen LogP contribution in [0.25, 0.3) is 0 Å². The minimum absolute atomic E-state index is 0.454. The predicted molar refractivity (Wildman–Crippen MR) is 61.1 cm³/mol. The summed E-state index contributed by atoms with van der Waals surface area (Å²) >= 11 is 0. The molecular weight excluding hydrogens is 174 g/mol. The van der Waals surface area contributed by atoms with Crippen LogP contribution in [0.4, 0.5) is 0 Å². The number of hydrazone groups is 1. The molecule has 1 unspecified atom stereocenters. The monoisotopic (exact) mass is 197 g/mol. The first-order valence-corrected chi connectivity index (χ1v) is 5.66. The van der Waals surface area contributed by atoms with E-state index in [1.54, 1.807) is 0 Å². The van der Waals surface area contributed by atoms with Gasteiger partial charge in [0.05, 0.1) is 0 Å². The molecule has 14 heavy (non-hydrogen) atoms. The first kappa shape index (κ1) is 11.3. The summed E-state index contributed by atoms with van der Waals surface area (Å²) in [6.07, 6.45) is 3.63. The Morgan fingerprint density at radius 1 is 1.29 bits per heavy atom. The Morgan fingerprint density at radius 3 is 2.36 bits per heavy atom. The van der Waals surface area contributed by atoms with Crippen molar-refractivity contribution in [2.75, 3.05) is 6.54 Å². The van der Waals surface area contributed by atoms with Crippen molar-refractivity contribution in [3.8, 4) is 0 Å². The Labute approximate surface area is 87.8 Å². The third-order valence-corrected chi connectivity index (χ3v) is 2.55. The topological polar surface area (TPSA) is 18.8 Å². The Kier molecular flexibility index (Phi) is 3.78. The van der Waals surface area contributed by atoms with E-state index in [1.165, 1.54) is 6.42 Å². The lowest BCUT2D eigenvalue weighted by Crippen LogP contribution is -2.46. The highest BCUT2D eigenvalue weighted by molar-refractivity contribution is 5.57. The van der Waals surface area contributed by atoms with E-state index in [9.17, 15) is 0 Å². The van der Waals surface area contributed by atoms with Crippen LogP contribution in [0.3, 0.4) is 0 Å². The molecule has 1 aliphatic rings. The molecule has 1 atom stereocenters. The summed E-state index contributed by atoms with van der Waals surface area (Å²) in [5, 5.41) is 6.68. The minimum atomic E-state index is 0.454. The van der Waals surface area contributed by atoms with E-state index in [1.807, 2.05) is 6.34 Å². The average molecular weight is 197 g/mol. The highest BCUT2D eigenvalue weighted by Gasteiger charge is 2.31. The molecular formula is C11H23N3. The van der Waals surface area contributed by atoms with Crippen molar-refractivity contribution < 1.29 is 0 Å². The standard InChI is InChI=1S/C11H23N3/c1-6-7-13-8-12-14(10(4)5)11(13)9(2)3/h8-11H,6-7H2,1-5H3. The number of rotatable bonds is 4. The van der Waals surface area contributed by atoms with Crippen LogP contribution in [-0.2, 0) is 0 Å². The van der Waals surface area contributed by atoms with Crippen LogP contribution >= 0.6 is 0 Å². The number of hydrogen-bond acceptors (Lipinski definition) is 3. The van der Waals surface area contributed by atoms with Crippen LogP contribution in [0, 0.1) is 5.92 Å². The zero-order valence-corrected chi connectivity index (χ0v) is 10.1. The van der Waals surface area contributed by atoms with Crippen LogP contribution in [0.1, 0.15) is 41.0 Å². The Balaban J connectivity index is 2.69. The normalized spacial score (nSPS) is 21.8. The molecule has 0 N–H and O–H groups in total. The van der Waals surface area contributed by atoms with Crippen LogP contribution in [-0.4, -0.2) is 35.0 Å². The second kappa shape index (κ2) is 4.67. The molecule has 0 radical (unpaired) electrons. The van der Waals surface area contributed by atoms with Crippen molar-refractivity contribution in [2.24, 2.45) is 11.0 Å². The van der Waals surface area contributed by atoms with Crippen LogP contribution in [0.5, 0.6) is 0 Å². The van der Waals surface area contributed by atoms with E-state index in [0.29, 0.717) is 18.1 Å². The molecule has 3 heteroatoms. The van der Waals surface area contributed by atoms with Gasteiger partial charge >= 0.3 is 0 Å². The fourth-order valence-electron chi connectivity index (χ4n) is 1.99. The van der Waals surface area contributed by atoms with Crippen LogP contribution < -0.4 is 0 Å². The molecule has 0 aromatic rings. The number of hydrogen-bond donors (Lipinski definition) is 0. The molecule has 0 spiro atoms. The van der Waals surface area contributed by atoms with Crippen molar-refractivity contribution in [3.63, 3.8) is 0 Å². The van der Waals surface area contributed by atoms with E-state index in [4.69, 9.17) is 0 Å². The summed E-state index contributed by atoms with van der Waals surface area (Å²) in [6.45, 7) is 12.2. The summed E-state index contributed by atoms with van der Waals surface area (Å²) in [4.78, 5) is 2.35. The molecule has 3 nitrogen and oxygen atoms in total. The van der Waals surface area contributed by atoms with E-state index in [0.717, 1.165) is 6.54 Å². The molecule has 0 saturated heterocycles. The summed E-state index contributed by atoms with van der Waals surface area (Å²) in [5.74, 6) is 0.617. The van der Waals surface area contributed by atoms with Crippen molar-refractivity contribution in [3.05, 3.63) is 0 Å². The van der Waals surface area contributed by atoms with Gasteiger partial charge in [-0.25, -0.2) is 0 Å². The molecule has 0 bridgehead atoms. The summed E-state index contributed by atoms with van der Waals surface area (Å²) in [5.41, 5.74) is 0. The van der Waals surface area contributed by atoms with Crippen molar-refractivity contribution in [1.29, 1.82) is 0 Å². The SMILES string of the molecule is CCCN1C=NN(C(C)C)C1C(C)C. The first-order chi connectivity index (χ1) is 6.57. The smallest absolute Gasteiger partial charge is 0.121 e. The average Bonchev–Trinajstić information content (AvgIpc) is 2.48. The van der Waals surface area contributed by atoms with Gasteiger partial charge in [0.1, 0.15) is 12.5 Å². The lowest BCUT2D eigenvalue weighted by molar-refractivity contribution is 0.0632. The summed E-state index contributed by atoms with van der Waals surface area (Å²) in [6, 6.07) is 0.487. The van der Waals surface area contributed by atoms with Crippen LogP contribution in [0.15, 0.2) is 5.10 Å². The highest BCUT2D eigenvalue weighted by atomic mass is 15.6. The second-order valence-electron chi connectivity index (χ2n) is 4.60. The van der Waals surface area contributed by atoms with Gasteiger partial charge in [-0.1, -0.05) is 20.8 Å². The van der Waals surface area contributed by atoms with Crippen molar-refractivity contribution in [2.45, 2.75) is 53.2 Å². The van der Waals surface area contributed by atoms with E-state index in [2.05, 4.69) is 49.6 Å². The second-order valence-corrected chi connectivity index (χ2v) is 4.60. The zero-order chi connectivity index (χ0) is 10.7. The van der Waals surface area contributed by atoms with Crippen molar-refractivity contribution >= 4 is 6.34 Å². The van der Waals surface area contributed by atoms with Crippen molar-refractivity contribution in [1.82, 2.24) is 9.91 Å². The van der Waals surface area contributed by atoms with Gasteiger partial charge in [-0.05, 0) is 26.2 Å². The zero-order valence-electron chi connectivity index (χ0n) is 10.1. The van der Waals surface area contributed by atoms with Gasteiger partial charge in [0.15, 0.2) is 0 Å². The van der Waals surface area contributed by atoms with Gasteiger partial charge < -0.3 is 4.90 Å². The predicted octanol–water partition coefficient (Wildman–Crippen LogP) is 2.35. The summed E-state index contributed by atoms with van der Waals surface area (Å²) < 4.78 is 0. The molecule has 0 saturated carbocycles. The quantitative estimate of drug-likeness (QED) is 0.689. The maximum atomic E-state index is 4.47. The molecule has 0 aliphatic carbocycles. The van der Waals surface area contributed by atoms with Gasteiger partial charge in [-0.15, -0.1) is 0 Å². The first-order valence-electron chi connectivity index (χ1n) is 5.66. The Hall–Kier alpha value is -0.730. The largest absolute Gasteiger partial charge is 0.339 e. The lowest BCUT2D eigenvalue weighted by Gasteiger charge is -2.35. The van der Waals surface area contributed by atoms with E-state index < -0.39 is 0 Å². The van der Waals surface area contributed by atoms with Gasteiger partial charge in [0.2, 0.25) is 0 Å². The molecule has 1 aliphatic heterocycles. The molecule has 0 aromatic heterocycles. The molecule has 1 heterocycles. The maximum absolute atomic E-state index is 4.47. The molecule has 82 valence electrons. The van der Waals surface area contributed by atoms with Gasteiger partial charge in [-0.3, -0.25) is 5.01 Å². The molecule has 0 fully saturated rings. The number of nitrogens with zero attached hydrogens (tertiary/aromatic N) is 3. The van der Waals surface area contributed by atoms with E-state index in [-0.39, 0.29) is 0 Å². The fraction of sp³-hybridized carbons (Fsp3) is 0.909. The Morgan fingerprint density at radius 2 is 1.93 bits per heavy atom. The maximum Gasteiger partial charge on any atom is 0.121 e. The van der Waals surface area contributed by atoms with Gasteiger partial charge in [0.25, 0.3) is 0 Å². The molecule has 0 amide bonds. The highest BCUT2D eigenvalue weighted by Crippen LogP contribution is 2.22. The summed E-state index contributed by atoms with van der Waals surface area (Å²) in [7, 11) is 0. The minimum Gasteiger partial charge on any atom is -0.339 e.